The highest BCUT2D eigenvalue weighted by Gasteiger charge is 2.31. The second-order valence-corrected chi connectivity index (χ2v) is 4.33. The topological polar surface area (TPSA) is 29.1 Å². The lowest BCUT2D eigenvalue weighted by Gasteiger charge is -2.37. The van der Waals surface area contributed by atoms with E-state index in [1.807, 2.05) is 6.08 Å². The van der Waals surface area contributed by atoms with E-state index in [2.05, 4.69) is 32.2 Å². The molecule has 0 spiro atoms. The van der Waals surface area contributed by atoms with Gasteiger partial charge in [0.2, 0.25) is 0 Å². The number of hydrogen-bond donors (Lipinski definition) is 1. The van der Waals surface area contributed by atoms with Crippen LogP contribution in [0.1, 0.15) is 27.2 Å². The molecular formula is C11H19NO. The van der Waals surface area contributed by atoms with Crippen LogP contribution in [-0.2, 0) is 4.79 Å². The van der Waals surface area contributed by atoms with Crippen LogP contribution in [0.4, 0.5) is 0 Å². The maximum atomic E-state index is 10.6. The summed E-state index contributed by atoms with van der Waals surface area (Å²) in [5, 5.41) is 3.43. The molecule has 0 aliphatic heterocycles. The molecular weight excluding hydrogens is 162 g/mol. The summed E-state index contributed by atoms with van der Waals surface area (Å²) in [6.45, 7) is 7.48. The second-order valence-electron chi connectivity index (χ2n) is 4.33. The lowest BCUT2D eigenvalue weighted by Crippen LogP contribution is -2.44. The Kier molecular flexibility index (Phi) is 3.26. The molecule has 0 radical (unpaired) electrons. The Bertz CT molecular complexity index is 208. The van der Waals surface area contributed by atoms with Crippen LogP contribution in [0.25, 0.3) is 0 Å². The monoisotopic (exact) mass is 181 g/mol. The average Bonchev–Trinajstić information content (AvgIpc) is 2.09. The van der Waals surface area contributed by atoms with Gasteiger partial charge in [-0.25, -0.2) is 0 Å². The van der Waals surface area contributed by atoms with Crippen LogP contribution in [0.5, 0.6) is 0 Å². The van der Waals surface area contributed by atoms with E-state index in [9.17, 15) is 4.79 Å². The van der Waals surface area contributed by atoms with E-state index in [4.69, 9.17) is 0 Å². The van der Waals surface area contributed by atoms with Gasteiger partial charge in [0.1, 0.15) is 6.29 Å². The first-order chi connectivity index (χ1) is 6.10. The Labute approximate surface area is 80.4 Å². The number of hydrogen-bond acceptors (Lipinski definition) is 2. The number of carbonyl (C=O) groups excluding carboxylic acids is 1. The third kappa shape index (κ3) is 2.41. The highest BCUT2D eigenvalue weighted by molar-refractivity contribution is 5.57. The van der Waals surface area contributed by atoms with Crippen molar-refractivity contribution in [3.8, 4) is 0 Å². The highest BCUT2D eigenvalue weighted by Crippen LogP contribution is 2.31. The number of aldehydes is 1. The Morgan fingerprint density at radius 1 is 1.62 bits per heavy atom. The van der Waals surface area contributed by atoms with Gasteiger partial charge in [-0.2, -0.15) is 0 Å². The minimum Gasteiger partial charge on any atom is -0.313 e. The fraction of sp³-hybridized carbons (Fsp3) is 0.727. The van der Waals surface area contributed by atoms with Gasteiger partial charge >= 0.3 is 0 Å². The van der Waals surface area contributed by atoms with E-state index in [1.54, 1.807) is 0 Å². The number of carbonyl (C=O) groups is 1. The molecule has 2 atom stereocenters. The minimum atomic E-state index is 0.108. The first-order valence-corrected chi connectivity index (χ1v) is 4.98. The molecule has 0 aromatic carbocycles. The van der Waals surface area contributed by atoms with Crippen LogP contribution < -0.4 is 5.32 Å². The zero-order chi connectivity index (χ0) is 9.90. The predicted octanol–water partition coefficient (Wildman–Crippen LogP) is 1.77. The SMILES string of the molecule is CCNC1CC(C=O)C=CC1(C)C. The molecule has 0 saturated carbocycles. The largest absolute Gasteiger partial charge is 0.313 e. The Morgan fingerprint density at radius 2 is 2.31 bits per heavy atom. The van der Waals surface area contributed by atoms with Crippen molar-refractivity contribution in [2.24, 2.45) is 11.3 Å². The van der Waals surface area contributed by atoms with Crippen LogP contribution in [0, 0.1) is 11.3 Å². The first kappa shape index (κ1) is 10.5. The van der Waals surface area contributed by atoms with Crippen molar-refractivity contribution < 1.29 is 4.79 Å². The molecule has 2 unspecified atom stereocenters. The van der Waals surface area contributed by atoms with Crippen LogP contribution >= 0.6 is 0 Å². The fourth-order valence-electron chi connectivity index (χ4n) is 1.84. The molecule has 0 aromatic rings. The molecule has 13 heavy (non-hydrogen) atoms. The maximum Gasteiger partial charge on any atom is 0.126 e. The summed E-state index contributed by atoms with van der Waals surface area (Å²) in [5.74, 6) is 0.108. The Balaban J connectivity index is 2.71. The Morgan fingerprint density at radius 3 is 2.85 bits per heavy atom. The molecule has 1 rings (SSSR count). The molecule has 1 aliphatic carbocycles. The van der Waals surface area contributed by atoms with Gasteiger partial charge in [0.15, 0.2) is 0 Å². The molecule has 2 heteroatoms. The zero-order valence-electron chi connectivity index (χ0n) is 8.71. The summed E-state index contributed by atoms with van der Waals surface area (Å²) in [5.41, 5.74) is 0.176. The van der Waals surface area contributed by atoms with Crippen LogP contribution in [0.15, 0.2) is 12.2 Å². The van der Waals surface area contributed by atoms with Crippen molar-refractivity contribution in [2.45, 2.75) is 33.2 Å². The molecule has 0 bridgehead atoms. The molecule has 1 aliphatic rings. The summed E-state index contributed by atoms with van der Waals surface area (Å²) in [7, 11) is 0. The van der Waals surface area contributed by atoms with Gasteiger partial charge in [-0.05, 0) is 18.4 Å². The third-order valence-electron chi connectivity index (χ3n) is 2.80. The average molecular weight is 181 g/mol. The second kappa shape index (κ2) is 4.05. The molecule has 0 saturated heterocycles. The van der Waals surface area contributed by atoms with Gasteiger partial charge in [-0.3, -0.25) is 0 Å². The fourth-order valence-corrected chi connectivity index (χ4v) is 1.84. The molecule has 1 N–H and O–H groups in total. The molecule has 0 fully saturated rings. The molecule has 0 aromatic heterocycles. The van der Waals surface area contributed by atoms with E-state index in [0.29, 0.717) is 6.04 Å². The van der Waals surface area contributed by atoms with Crippen molar-refractivity contribution in [2.75, 3.05) is 6.54 Å². The van der Waals surface area contributed by atoms with E-state index in [0.717, 1.165) is 19.3 Å². The normalized spacial score (nSPS) is 31.6. The van der Waals surface area contributed by atoms with Gasteiger partial charge in [-0.15, -0.1) is 0 Å². The highest BCUT2D eigenvalue weighted by atomic mass is 16.1. The molecule has 2 nitrogen and oxygen atoms in total. The van der Waals surface area contributed by atoms with Gasteiger partial charge in [0.25, 0.3) is 0 Å². The van der Waals surface area contributed by atoms with Gasteiger partial charge < -0.3 is 10.1 Å². The summed E-state index contributed by atoms with van der Waals surface area (Å²) >= 11 is 0. The quantitative estimate of drug-likeness (QED) is 0.531. The van der Waals surface area contributed by atoms with Crippen LogP contribution in [0.3, 0.4) is 0 Å². The lowest BCUT2D eigenvalue weighted by molar-refractivity contribution is -0.110. The van der Waals surface area contributed by atoms with Crippen molar-refractivity contribution in [1.82, 2.24) is 5.32 Å². The smallest absolute Gasteiger partial charge is 0.126 e. The standard InChI is InChI=1S/C11H19NO/c1-4-12-10-7-9(8-13)5-6-11(10,2)3/h5-6,8-10,12H,4,7H2,1-3H3. The van der Waals surface area contributed by atoms with E-state index < -0.39 is 0 Å². The van der Waals surface area contributed by atoms with Crippen LogP contribution in [0.2, 0.25) is 0 Å². The van der Waals surface area contributed by atoms with E-state index in [1.165, 1.54) is 0 Å². The molecule has 74 valence electrons. The molecule has 0 heterocycles. The first-order valence-electron chi connectivity index (χ1n) is 4.98. The van der Waals surface area contributed by atoms with Gasteiger partial charge in [0, 0.05) is 12.0 Å². The lowest BCUT2D eigenvalue weighted by atomic mass is 9.75. The Hall–Kier alpha value is -0.630. The third-order valence-corrected chi connectivity index (χ3v) is 2.80. The van der Waals surface area contributed by atoms with E-state index >= 15 is 0 Å². The van der Waals surface area contributed by atoms with Crippen LogP contribution in [-0.4, -0.2) is 18.9 Å². The summed E-state index contributed by atoms with van der Waals surface area (Å²) in [6, 6.07) is 0.428. The van der Waals surface area contributed by atoms with Crippen molar-refractivity contribution >= 4 is 6.29 Å². The van der Waals surface area contributed by atoms with Crippen molar-refractivity contribution in [3.05, 3.63) is 12.2 Å². The summed E-state index contributed by atoms with van der Waals surface area (Å²) in [6.07, 6.45) is 6.15. The summed E-state index contributed by atoms with van der Waals surface area (Å²) < 4.78 is 0. The number of allylic oxidation sites excluding steroid dienone is 1. The maximum absolute atomic E-state index is 10.6. The number of rotatable bonds is 3. The van der Waals surface area contributed by atoms with Crippen molar-refractivity contribution in [1.29, 1.82) is 0 Å². The number of nitrogens with one attached hydrogen (secondary N) is 1. The minimum absolute atomic E-state index is 0.108. The van der Waals surface area contributed by atoms with Gasteiger partial charge in [-0.1, -0.05) is 32.9 Å². The predicted molar refractivity (Wildman–Crippen MR) is 54.6 cm³/mol. The van der Waals surface area contributed by atoms with Gasteiger partial charge in [0.05, 0.1) is 0 Å². The van der Waals surface area contributed by atoms with Crippen molar-refractivity contribution in [3.63, 3.8) is 0 Å². The van der Waals surface area contributed by atoms with E-state index in [-0.39, 0.29) is 11.3 Å². The zero-order valence-corrected chi connectivity index (χ0v) is 8.71. The summed E-state index contributed by atoms with van der Waals surface area (Å²) in [4.78, 5) is 10.6. The molecule has 0 amide bonds.